The molecule has 1 aliphatic heterocycles. The molecule has 0 unspecified atom stereocenters. The predicted molar refractivity (Wildman–Crippen MR) is 122 cm³/mol. The van der Waals surface area contributed by atoms with Gasteiger partial charge in [0.05, 0.1) is 6.54 Å². The number of halogens is 2. The Morgan fingerprint density at radius 3 is 2.48 bits per heavy atom. The van der Waals surface area contributed by atoms with E-state index < -0.39 is 23.1 Å². The molecule has 1 aromatic heterocycles. The van der Waals surface area contributed by atoms with Gasteiger partial charge in [-0.3, -0.25) is 9.11 Å². The van der Waals surface area contributed by atoms with E-state index in [2.05, 4.69) is 17.1 Å². The molecule has 4 rings (SSSR count). The van der Waals surface area contributed by atoms with Crippen molar-refractivity contribution in [3.05, 3.63) is 65.5 Å². The first-order valence-corrected chi connectivity index (χ1v) is 12.1. The van der Waals surface area contributed by atoms with Gasteiger partial charge in [0.1, 0.15) is 0 Å². The number of hydrogen-bond acceptors (Lipinski definition) is 5. The zero-order valence-corrected chi connectivity index (χ0v) is 18.9. The van der Waals surface area contributed by atoms with Crippen LogP contribution in [-0.2, 0) is 23.8 Å². The van der Waals surface area contributed by atoms with Crippen LogP contribution in [0.1, 0.15) is 30.4 Å². The number of aromatic nitrogens is 2. The van der Waals surface area contributed by atoms with E-state index in [-0.39, 0.29) is 11.9 Å². The van der Waals surface area contributed by atoms with E-state index in [4.69, 9.17) is 4.42 Å². The average molecular weight is 475 g/mol. The second-order valence-corrected chi connectivity index (χ2v) is 9.37. The van der Waals surface area contributed by atoms with E-state index in [1.54, 1.807) is 34.1 Å². The van der Waals surface area contributed by atoms with Crippen molar-refractivity contribution in [2.24, 2.45) is 0 Å². The Kier molecular flexibility index (Phi) is 7.12. The van der Waals surface area contributed by atoms with Crippen LogP contribution in [0.5, 0.6) is 0 Å². The topological polar surface area (TPSA) is 79.5 Å². The van der Waals surface area contributed by atoms with Gasteiger partial charge in [-0.05, 0) is 41.8 Å². The molecule has 0 radical (unpaired) electrons. The van der Waals surface area contributed by atoms with Crippen molar-refractivity contribution >= 4 is 22.5 Å². The van der Waals surface area contributed by atoms with Crippen LogP contribution >= 0.6 is 0 Å². The number of rotatable bonds is 6. The molecule has 0 saturated carbocycles. The number of nitrogens with zero attached hydrogens (tertiary/aromatic N) is 4. The summed E-state index contributed by atoms with van der Waals surface area (Å²) in [5, 5.41) is 7.02. The van der Waals surface area contributed by atoms with Crippen molar-refractivity contribution < 1.29 is 22.2 Å². The van der Waals surface area contributed by atoms with Gasteiger partial charge in [0.15, 0.2) is 0 Å². The van der Waals surface area contributed by atoms with Crippen LogP contribution in [0.4, 0.5) is 19.3 Å². The van der Waals surface area contributed by atoms with Crippen LogP contribution in [0, 0.1) is 0 Å². The monoisotopic (exact) mass is 474 g/mol. The lowest BCUT2D eigenvalue weighted by atomic mass is 10.1. The van der Waals surface area contributed by atoms with E-state index in [0.717, 1.165) is 23.2 Å². The molecule has 2 amide bonds. The molecule has 1 saturated heterocycles. The van der Waals surface area contributed by atoms with Crippen LogP contribution in [0.3, 0.4) is 0 Å². The van der Waals surface area contributed by atoms with Crippen LogP contribution < -0.4 is 4.90 Å². The fourth-order valence-corrected chi connectivity index (χ4v) is 4.64. The molecule has 2 heterocycles. The number of aryl methyl sites for hydroxylation is 1. The summed E-state index contributed by atoms with van der Waals surface area (Å²) >= 11 is 0. The molecule has 0 spiro atoms. The third-order valence-electron chi connectivity index (χ3n) is 5.48. The molecule has 33 heavy (non-hydrogen) atoms. The highest BCUT2D eigenvalue weighted by molar-refractivity contribution is 7.85. The molecule has 0 bridgehead atoms. The van der Waals surface area contributed by atoms with Crippen LogP contribution in [0.2, 0.25) is 0 Å². The zero-order chi connectivity index (χ0) is 23.4. The number of anilines is 1. The molecule has 10 heteroatoms. The second-order valence-electron chi connectivity index (χ2n) is 7.67. The largest absolute Gasteiger partial charge is 0.415 e. The molecule has 0 aliphatic carbocycles. The normalized spacial score (nSPS) is 14.6. The number of urea groups is 1. The van der Waals surface area contributed by atoms with E-state index in [1.165, 1.54) is 0 Å². The molecule has 3 aromatic rings. The number of hydrogen-bond donors (Lipinski definition) is 0. The molecule has 2 aromatic carbocycles. The summed E-state index contributed by atoms with van der Waals surface area (Å²) in [4.78, 5) is 16.9. The van der Waals surface area contributed by atoms with Crippen molar-refractivity contribution in [1.29, 1.82) is 0 Å². The maximum absolute atomic E-state index is 13.4. The Bertz CT molecular complexity index is 1130. The predicted octanol–water partition coefficient (Wildman–Crippen LogP) is 4.43. The first-order chi connectivity index (χ1) is 15.9. The highest BCUT2D eigenvalue weighted by Crippen LogP contribution is 2.25. The Balaban J connectivity index is 1.57. The Morgan fingerprint density at radius 1 is 1.12 bits per heavy atom. The summed E-state index contributed by atoms with van der Waals surface area (Å²) in [6.45, 7) is 3.29. The fraction of sp³-hybridized carbons (Fsp3) is 0.348. The van der Waals surface area contributed by atoms with Gasteiger partial charge in [-0.25, -0.2) is 4.79 Å². The summed E-state index contributed by atoms with van der Waals surface area (Å²) < 4.78 is 42.2. The first kappa shape index (κ1) is 23.0. The van der Waals surface area contributed by atoms with Gasteiger partial charge in [-0.15, -0.1) is 10.2 Å². The standard InChI is InChI=1S/C23H24F2N4O3S/c1-2-16-4-3-5-19(14-16)29(23(30)28-10-12-33(31)13-11-28)15-17-6-8-18(9-7-17)21-26-27-22(32-21)20(24)25/h3-9,14,20H,2,10-13,15H2,1H3. The summed E-state index contributed by atoms with van der Waals surface area (Å²) in [5.74, 6) is 0.258. The van der Waals surface area contributed by atoms with Gasteiger partial charge >= 0.3 is 12.5 Å². The van der Waals surface area contributed by atoms with E-state index >= 15 is 0 Å². The quantitative estimate of drug-likeness (QED) is 0.528. The summed E-state index contributed by atoms with van der Waals surface area (Å²) in [6.07, 6.45) is -1.98. The van der Waals surface area contributed by atoms with Gasteiger partial charge in [0.2, 0.25) is 5.89 Å². The summed E-state index contributed by atoms with van der Waals surface area (Å²) in [5.41, 5.74) is 3.27. The molecule has 174 valence electrons. The van der Waals surface area contributed by atoms with Crippen molar-refractivity contribution in [2.45, 2.75) is 26.3 Å². The Morgan fingerprint density at radius 2 is 1.85 bits per heavy atom. The van der Waals surface area contributed by atoms with E-state index in [9.17, 15) is 17.8 Å². The molecule has 0 atom stereocenters. The summed E-state index contributed by atoms with van der Waals surface area (Å²) in [6, 6.07) is 14.7. The van der Waals surface area contributed by atoms with Crippen LogP contribution in [0.15, 0.2) is 52.9 Å². The second kappa shape index (κ2) is 10.2. The van der Waals surface area contributed by atoms with Crippen molar-refractivity contribution in [3.63, 3.8) is 0 Å². The lowest BCUT2D eigenvalue weighted by Gasteiger charge is -2.33. The SMILES string of the molecule is CCc1cccc(N(Cc2ccc(-c3nnc(C(F)F)o3)cc2)C(=O)N2CCS(=O)CC2)c1. The van der Waals surface area contributed by atoms with Crippen molar-refractivity contribution in [3.8, 4) is 11.5 Å². The summed E-state index contributed by atoms with van der Waals surface area (Å²) in [7, 11) is -0.880. The molecule has 7 nitrogen and oxygen atoms in total. The minimum Gasteiger partial charge on any atom is -0.415 e. The first-order valence-electron chi connectivity index (χ1n) is 10.7. The van der Waals surface area contributed by atoms with Crippen molar-refractivity contribution in [2.75, 3.05) is 29.5 Å². The minimum absolute atomic E-state index is 0.0155. The zero-order valence-electron chi connectivity index (χ0n) is 18.1. The third kappa shape index (κ3) is 5.44. The van der Waals surface area contributed by atoms with Gasteiger partial charge in [0, 0.05) is 46.6 Å². The van der Waals surface area contributed by atoms with Gasteiger partial charge in [-0.1, -0.05) is 31.2 Å². The highest BCUT2D eigenvalue weighted by Gasteiger charge is 2.26. The highest BCUT2D eigenvalue weighted by atomic mass is 32.2. The molecule has 1 aliphatic rings. The van der Waals surface area contributed by atoms with Gasteiger partial charge in [-0.2, -0.15) is 8.78 Å². The average Bonchev–Trinajstić information content (AvgIpc) is 3.34. The molecule has 0 N–H and O–H groups in total. The lowest BCUT2D eigenvalue weighted by molar-refractivity contribution is 0.116. The maximum Gasteiger partial charge on any atom is 0.324 e. The fourth-order valence-electron chi connectivity index (χ4n) is 3.59. The maximum atomic E-state index is 13.4. The number of alkyl halides is 2. The lowest BCUT2D eigenvalue weighted by Crippen LogP contribution is -2.48. The van der Waals surface area contributed by atoms with E-state index in [1.807, 2.05) is 24.3 Å². The number of benzene rings is 2. The minimum atomic E-state index is -2.82. The number of carbonyl (C=O) groups excluding carboxylic acids is 1. The number of amides is 2. The van der Waals surface area contributed by atoms with Gasteiger partial charge in [0.25, 0.3) is 5.89 Å². The number of carbonyl (C=O) groups is 1. The Hall–Kier alpha value is -3.14. The Labute approximate surface area is 192 Å². The molecule has 1 fully saturated rings. The molecular formula is C23H24F2N4O3S. The third-order valence-corrected chi connectivity index (χ3v) is 6.75. The van der Waals surface area contributed by atoms with Crippen LogP contribution in [0.25, 0.3) is 11.5 Å². The van der Waals surface area contributed by atoms with Crippen LogP contribution in [-0.4, -0.2) is 49.9 Å². The smallest absolute Gasteiger partial charge is 0.324 e. The molecular weight excluding hydrogens is 450 g/mol. The van der Waals surface area contributed by atoms with Gasteiger partial charge < -0.3 is 9.32 Å². The van der Waals surface area contributed by atoms with Crippen molar-refractivity contribution in [1.82, 2.24) is 15.1 Å². The van der Waals surface area contributed by atoms with E-state index in [0.29, 0.717) is 36.7 Å².